The van der Waals surface area contributed by atoms with E-state index in [9.17, 15) is 4.79 Å². The van der Waals surface area contributed by atoms with Crippen LogP contribution in [-0.2, 0) is 11.3 Å². The van der Waals surface area contributed by atoms with E-state index in [0.29, 0.717) is 18.2 Å². The second-order valence-corrected chi connectivity index (χ2v) is 5.18. The van der Waals surface area contributed by atoms with Gasteiger partial charge in [-0.05, 0) is 31.6 Å². The number of esters is 1. The lowest BCUT2D eigenvalue weighted by Crippen LogP contribution is -2.21. The van der Waals surface area contributed by atoms with Crippen LogP contribution < -0.4 is 0 Å². The Hall–Kier alpha value is -1.39. The molecule has 0 saturated heterocycles. The van der Waals surface area contributed by atoms with Crippen molar-refractivity contribution in [2.24, 2.45) is 5.92 Å². The summed E-state index contributed by atoms with van der Waals surface area (Å²) in [6.07, 6.45) is 3.82. The van der Waals surface area contributed by atoms with E-state index in [1.807, 2.05) is 4.68 Å². The highest BCUT2D eigenvalue weighted by Crippen LogP contribution is 2.29. The lowest BCUT2D eigenvalue weighted by molar-refractivity contribution is 0.0517. The van der Waals surface area contributed by atoms with Gasteiger partial charge in [0.05, 0.1) is 12.3 Å². The van der Waals surface area contributed by atoms with Gasteiger partial charge in [0.25, 0.3) is 0 Å². The molecule has 100 valence electrons. The molecule has 5 heteroatoms. The molecule has 1 aromatic rings. The Morgan fingerprint density at radius 2 is 2.22 bits per heavy atom. The van der Waals surface area contributed by atoms with Crippen LogP contribution in [0.3, 0.4) is 0 Å². The molecule has 0 bridgehead atoms. The van der Waals surface area contributed by atoms with Crippen molar-refractivity contribution < 1.29 is 9.53 Å². The monoisotopic (exact) mass is 251 g/mol. The van der Waals surface area contributed by atoms with E-state index in [1.54, 1.807) is 6.92 Å². The molecule has 0 aromatic carbocycles. The van der Waals surface area contributed by atoms with E-state index in [1.165, 1.54) is 19.3 Å². The fourth-order valence-electron chi connectivity index (χ4n) is 2.29. The molecular formula is C13H21N3O2. The molecule has 0 atom stereocenters. The fourth-order valence-corrected chi connectivity index (χ4v) is 2.29. The number of hydrogen-bond donors (Lipinski definition) is 0. The van der Waals surface area contributed by atoms with Gasteiger partial charge < -0.3 is 4.74 Å². The molecule has 0 amide bonds. The van der Waals surface area contributed by atoms with Crippen LogP contribution in [0.25, 0.3) is 0 Å². The Kier molecular flexibility index (Phi) is 3.99. The van der Waals surface area contributed by atoms with Crippen molar-refractivity contribution in [3.05, 3.63) is 11.4 Å². The average molecular weight is 251 g/mol. The third-order valence-corrected chi connectivity index (χ3v) is 3.44. The van der Waals surface area contributed by atoms with Crippen LogP contribution in [0.1, 0.15) is 62.1 Å². The van der Waals surface area contributed by atoms with Crippen LogP contribution >= 0.6 is 0 Å². The predicted molar refractivity (Wildman–Crippen MR) is 67.4 cm³/mol. The van der Waals surface area contributed by atoms with Gasteiger partial charge in [-0.15, -0.1) is 5.10 Å². The smallest absolute Gasteiger partial charge is 0.360 e. The highest BCUT2D eigenvalue weighted by molar-refractivity contribution is 5.88. The zero-order valence-corrected chi connectivity index (χ0v) is 11.3. The number of nitrogens with zero attached hydrogens (tertiary/aromatic N) is 3. The molecule has 1 aliphatic carbocycles. The van der Waals surface area contributed by atoms with Gasteiger partial charge >= 0.3 is 5.97 Å². The molecule has 0 spiro atoms. The van der Waals surface area contributed by atoms with Crippen LogP contribution in [-0.4, -0.2) is 27.6 Å². The number of carbonyl (C=O) groups excluding carboxylic acids is 1. The van der Waals surface area contributed by atoms with E-state index >= 15 is 0 Å². The molecule has 1 aromatic heterocycles. The maximum absolute atomic E-state index is 11.8. The van der Waals surface area contributed by atoms with E-state index in [0.717, 1.165) is 12.2 Å². The van der Waals surface area contributed by atoms with Crippen molar-refractivity contribution in [2.45, 2.75) is 52.5 Å². The first-order valence-corrected chi connectivity index (χ1v) is 6.74. The first-order valence-electron chi connectivity index (χ1n) is 6.74. The second-order valence-electron chi connectivity index (χ2n) is 5.18. The number of hydrogen-bond acceptors (Lipinski definition) is 4. The second kappa shape index (κ2) is 5.50. The molecule has 0 unspecified atom stereocenters. The molecule has 0 aliphatic heterocycles. The summed E-state index contributed by atoms with van der Waals surface area (Å²) in [5, 5.41) is 8.13. The van der Waals surface area contributed by atoms with Crippen LogP contribution in [0, 0.1) is 5.92 Å². The largest absolute Gasteiger partial charge is 0.461 e. The standard InChI is InChI=1S/C13H21N3O2/c1-4-18-13(17)11-12(9(2)3)16(15-14-11)8-10-6-5-7-10/h9-10H,4-8H2,1-3H3. The molecular weight excluding hydrogens is 230 g/mol. The molecule has 18 heavy (non-hydrogen) atoms. The highest BCUT2D eigenvalue weighted by atomic mass is 16.5. The van der Waals surface area contributed by atoms with Crippen molar-refractivity contribution >= 4 is 5.97 Å². The Bertz CT molecular complexity index is 422. The molecule has 1 saturated carbocycles. The summed E-state index contributed by atoms with van der Waals surface area (Å²) in [6.45, 7) is 7.15. The molecule has 1 fully saturated rings. The lowest BCUT2D eigenvalue weighted by atomic mass is 9.85. The van der Waals surface area contributed by atoms with Gasteiger partial charge in [0.1, 0.15) is 0 Å². The number of carbonyl (C=O) groups is 1. The predicted octanol–water partition coefficient (Wildman–Crippen LogP) is 2.38. The number of rotatable bonds is 5. The summed E-state index contributed by atoms with van der Waals surface area (Å²) < 4.78 is 6.91. The van der Waals surface area contributed by atoms with Crippen molar-refractivity contribution in [2.75, 3.05) is 6.61 Å². The normalized spacial score (nSPS) is 15.8. The van der Waals surface area contributed by atoms with E-state index in [-0.39, 0.29) is 11.9 Å². The van der Waals surface area contributed by atoms with E-state index in [2.05, 4.69) is 24.2 Å². The SMILES string of the molecule is CCOC(=O)c1nnn(CC2CCC2)c1C(C)C. The minimum atomic E-state index is -0.360. The summed E-state index contributed by atoms with van der Waals surface area (Å²) in [6, 6.07) is 0. The summed E-state index contributed by atoms with van der Waals surface area (Å²) in [4.78, 5) is 11.8. The zero-order chi connectivity index (χ0) is 13.1. The Morgan fingerprint density at radius 3 is 2.72 bits per heavy atom. The van der Waals surface area contributed by atoms with Crippen molar-refractivity contribution in [3.63, 3.8) is 0 Å². The fraction of sp³-hybridized carbons (Fsp3) is 0.769. The van der Waals surface area contributed by atoms with Gasteiger partial charge in [0.15, 0.2) is 5.69 Å². The van der Waals surface area contributed by atoms with E-state index in [4.69, 9.17) is 4.74 Å². The van der Waals surface area contributed by atoms with Crippen LogP contribution in [0.4, 0.5) is 0 Å². The zero-order valence-electron chi connectivity index (χ0n) is 11.3. The molecule has 1 heterocycles. The Morgan fingerprint density at radius 1 is 1.50 bits per heavy atom. The minimum absolute atomic E-state index is 0.222. The van der Waals surface area contributed by atoms with Gasteiger partial charge in [-0.3, -0.25) is 0 Å². The lowest BCUT2D eigenvalue weighted by Gasteiger charge is -2.25. The van der Waals surface area contributed by atoms with Gasteiger partial charge in [-0.25, -0.2) is 9.48 Å². The van der Waals surface area contributed by atoms with Gasteiger partial charge in [0.2, 0.25) is 0 Å². The van der Waals surface area contributed by atoms with Gasteiger partial charge in [-0.1, -0.05) is 25.5 Å². The molecule has 2 rings (SSSR count). The van der Waals surface area contributed by atoms with Crippen LogP contribution in [0.2, 0.25) is 0 Å². The van der Waals surface area contributed by atoms with Gasteiger partial charge in [-0.2, -0.15) is 0 Å². The first-order chi connectivity index (χ1) is 8.63. The van der Waals surface area contributed by atoms with Crippen molar-refractivity contribution in [1.29, 1.82) is 0 Å². The molecule has 5 nitrogen and oxygen atoms in total. The van der Waals surface area contributed by atoms with E-state index < -0.39 is 0 Å². The third-order valence-electron chi connectivity index (χ3n) is 3.44. The molecule has 0 N–H and O–H groups in total. The summed E-state index contributed by atoms with van der Waals surface area (Å²) in [5.41, 5.74) is 1.28. The summed E-state index contributed by atoms with van der Waals surface area (Å²) >= 11 is 0. The average Bonchev–Trinajstić information content (AvgIpc) is 2.67. The van der Waals surface area contributed by atoms with Crippen molar-refractivity contribution in [1.82, 2.24) is 15.0 Å². The molecule has 1 aliphatic rings. The van der Waals surface area contributed by atoms with Crippen LogP contribution in [0.15, 0.2) is 0 Å². The number of aromatic nitrogens is 3. The van der Waals surface area contributed by atoms with Gasteiger partial charge in [0, 0.05) is 6.54 Å². The highest BCUT2D eigenvalue weighted by Gasteiger charge is 2.26. The minimum Gasteiger partial charge on any atom is -0.461 e. The number of ether oxygens (including phenoxy) is 1. The third kappa shape index (κ3) is 2.54. The topological polar surface area (TPSA) is 57.0 Å². The first kappa shape index (κ1) is 13.1. The van der Waals surface area contributed by atoms with Crippen molar-refractivity contribution in [3.8, 4) is 0 Å². The Balaban J connectivity index is 2.21. The summed E-state index contributed by atoms with van der Waals surface area (Å²) in [5.74, 6) is 0.555. The Labute approximate surface area is 108 Å². The molecule has 0 radical (unpaired) electrons. The summed E-state index contributed by atoms with van der Waals surface area (Å²) in [7, 11) is 0. The van der Waals surface area contributed by atoms with Crippen LogP contribution in [0.5, 0.6) is 0 Å². The maximum Gasteiger partial charge on any atom is 0.360 e. The quantitative estimate of drug-likeness (QED) is 0.754. The maximum atomic E-state index is 11.8.